The van der Waals surface area contributed by atoms with Crippen LogP contribution >= 0.6 is 0 Å². The average Bonchev–Trinajstić information content (AvgIpc) is 2.05. The van der Waals surface area contributed by atoms with Crippen LogP contribution in [-0.4, -0.2) is 11.5 Å². The Morgan fingerprint density at radius 2 is 2.25 bits per heavy atom. The van der Waals surface area contributed by atoms with Gasteiger partial charge in [-0.1, -0.05) is 0 Å². The van der Waals surface area contributed by atoms with Crippen molar-refractivity contribution in [3.05, 3.63) is 29.6 Å². The lowest BCUT2D eigenvalue weighted by Gasteiger charge is -2.00. The summed E-state index contributed by atoms with van der Waals surface area (Å²) < 4.78 is 0. The first-order valence-electron chi connectivity index (χ1n) is 4.44. The Balaban J connectivity index is 2.41. The van der Waals surface area contributed by atoms with E-state index >= 15 is 0 Å². The number of hydrogen-bond donors (Lipinski definition) is 1. The fourth-order valence-corrected chi connectivity index (χ4v) is 1.23. The largest absolute Gasteiger partial charge is 0.330 e. The van der Waals surface area contributed by atoms with Gasteiger partial charge in [-0.05, 0) is 50.4 Å². The number of rotatable bonds is 4. The van der Waals surface area contributed by atoms with E-state index in [4.69, 9.17) is 5.73 Å². The summed E-state index contributed by atoms with van der Waals surface area (Å²) in [5, 5.41) is 0. The van der Waals surface area contributed by atoms with Crippen LogP contribution < -0.4 is 5.73 Å². The van der Waals surface area contributed by atoms with Crippen LogP contribution in [0.4, 0.5) is 0 Å². The molecule has 0 saturated heterocycles. The SMILES string of the molecule is Cc1cc(CCCCN)ccn1. The second-order valence-electron chi connectivity index (χ2n) is 3.05. The zero-order valence-electron chi connectivity index (χ0n) is 7.59. The van der Waals surface area contributed by atoms with Gasteiger partial charge < -0.3 is 5.73 Å². The predicted molar refractivity (Wildman–Crippen MR) is 51.0 cm³/mol. The van der Waals surface area contributed by atoms with E-state index in [9.17, 15) is 0 Å². The molecule has 1 aromatic rings. The van der Waals surface area contributed by atoms with Crippen LogP contribution in [0, 0.1) is 6.92 Å². The number of nitrogens with two attached hydrogens (primary N) is 1. The second kappa shape index (κ2) is 4.88. The second-order valence-corrected chi connectivity index (χ2v) is 3.05. The third-order valence-corrected chi connectivity index (χ3v) is 1.88. The number of aromatic nitrogens is 1. The summed E-state index contributed by atoms with van der Waals surface area (Å²) in [5.41, 5.74) is 7.88. The Morgan fingerprint density at radius 1 is 1.42 bits per heavy atom. The van der Waals surface area contributed by atoms with E-state index in [2.05, 4.69) is 17.1 Å². The molecule has 0 saturated carbocycles. The smallest absolute Gasteiger partial charge is 0.0375 e. The first-order chi connectivity index (χ1) is 5.83. The van der Waals surface area contributed by atoms with Gasteiger partial charge in [0, 0.05) is 11.9 Å². The zero-order chi connectivity index (χ0) is 8.81. The summed E-state index contributed by atoms with van der Waals surface area (Å²) in [4.78, 5) is 4.14. The van der Waals surface area contributed by atoms with Crippen molar-refractivity contribution >= 4 is 0 Å². The van der Waals surface area contributed by atoms with E-state index in [-0.39, 0.29) is 0 Å². The molecule has 1 aromatic heterocycles. The van der Waals surface area contributed by atoms with E-state index < -0.39 is 0 Å². The van der Waals surface area contributed by atoms with Gasteiger partial charge in [-0.25, -0.2) is 0 Å². The Bertz CT molecular complexity index is 233. The molecule has 0 aliphatic carbocycles. The van der Waals surface area contributed by atoms with Gasteiger partial charge in [0.2, 0.25) is 0 Å². The molecule has 1 rings (SSSR count). The first-order valence-corrected chi connectivity index (χ1v) is 4.44. The molecule has 0 aromatic carbocycles. The first kappa shape index (κ1) is 9.20. The van der Waals surface area contributed by atoms with Crippen molar-refractivity contribution in [3.8, 4) is 0 Å². The summed E-state index contributed by atoms with van der Waals surface area (Å²) in [6.45, 7) is 2.82. The topological polar surface area (TPSA) is 38.9 Å². The van der Waals surface area contributed by atoms with E-state index in [1.165, 1.54) is 12.0 Å². The minimum Gasteiger partial charge on any atom is -0.330 e. The van der Waals surface area contributed by atoms with Crippen molar-refractivity contribution in [2.75, 3.05) is 6.54 Å². The van der Waals surface area contributed by atoms with Crippen LogP contribution in [0.2, 0.25) is 0 Å². The molecule has 0 aliphatic rings. The number of nitrogens with zero attached hydrogens (tertiary/aromatic N) is 1. The van der Waals surface area contributed by atoms with Crippen LogP contribution in [0.15, 0.2) is 18.3 Å². The van der Waals surface area contributed by atoms with Crippen molar-refractivity contribution < 1.29 is 0 Å². The molecule has 0 radical (unpaired) electrons. The number of hydrogen-bond acceptors (Lipinski definition) is 2. The monoisotopic (exact) mass is 164 g/mol. The van der Waals surface area contributed by atoms with Crippen LogP contribution in [0.3, 0.4) is 0 Å². The van der Waals surface area contributed by atoms with Crippen LogP contribution in [0.25, 0.3) is 0 Å². The number of aryl methyl sites for hydroxylation is 2. The van der Waals surface area contributed by atoms with E-state index in [1.54, 1.807) is 0 Å². The number of unbranched alkanes of at least 4 members (excludes halogenated alkanes) is 1. The summed E-state index contributed by atoms with van der Waals surface area (Å²) in [5.74, 6) is 0. The average molecular weight is 164 g/mol. The molecule has 0 atom stereocenters. The number of pyridine rings is 1. The van der Waals surface area contributed by atoms with Gasteiger partial charge in [-0.15, -0.1) is 0 Å². The van der Waals surface area contributed by atoms with Gasteiger partial charge in [-0.3, -0.25) is 4.98 Å². The normalized spacial score (nSPS) is 10.2. The molecule has 2 N–H and O–H groups in total. The standard InChI is InChI=1S/C10H16N2/c1-9-8-10(5-7-12-9)4-2-3-6-11/h5,7-8H,2-4,6,11H2,1H3. The maximum absolute atomic E-state index is 5.41. The molecule has 2 nitrogen and oxygen atoms in total. The highest BCUT2D eigenvalue weighted by molar-refractivity contribution is 5.15. The molecule has 0 amide bonds. The van der Waals surface area contributed by atoms with Crippen molar-refractivity contribution in [1.82, 2.24) is 4.98 Å². The molecule has 66 valence electrons. The molecule has 2 heteroatoms. The Labute approximate surface area is 73.8 Å². The maximum Gasteiger partial charge on any atom is 0.0375 e. The van der Waals surface area contributed by atoms with E-state index in [1.807, 2.05) is 13.1 Å². The van der Waals surface area contributed by atoms with Gasteiger partial charge in [0.15, 0.2) is 0 Å². The molecule has 0 bridgehead atoms. The molecular weight excluding hydrogens is 148 g/mol. The minimum absolute atomic E-state index is 0.796. The molecule has 0 unspecified atom stereocenters. The lowest BCUT2D eigenvalue weighted by molar-refractivity contribution is 0.743. The highest BCUT2D eigenvalue weighted by atomic mass is 14.6. The van der Waals surface area contributed by atoms with Crippen LogP contribution in [0.5, 0.6) is 0 Å². The fourth-order valence-electron chi connectivity index (χ4n) is 1.23. The quantitative estimate of drug-likeness (QED) is 0.687. The predicted octanol–water partition coefficient (Wildman–Crippen LogP) is 1.67. The highest BCUT2D eigenvalue weighted by Gasteiger charge is 1.92. The lowest BCUT2D eigenvalue weighted by Crippen LogP contribution is -1.99. The van der Waals surface area contributed by atoms with Gasteiger partial charge in [0.05, 0.1) is 0 Å². The third-order valence-electron chi connectivity index (χ3n) is 1.88. The van der Waals surface area contributed by atoms with Gasteiger partial charge in [0.25, 0.3) is 0 Å². The highest BCUT2D eigenvalue weighted by Crippen LogP contribution is 2.04. The van der Waals surface area contributed by atoms with Gasteiger partial charge >= 0.3 is 0 Å². The summed E-state index contributed by atoms with van der Waals surface area (Å²) in [6, 6.07) is 4.21. The van der Waals surface area contributed by atoms with Crippen LogP contribution in [0.1, 0.15) is 24.1 Å². The zero-order valence-corrected chi connectivity index (χ0v) is 7.59. The van der Waals surface area contributed by atoms with E-state index in [0.717, 1.165) is 25.1 Å². The summed E-state index contributed by atoms with van der Waals surface area (Å²) in [6.07, 6.45) is 5.29. The summed E-state index contributed by atoms with van der Waals surface area (Å²) in [7, 11) is 0. The van der Waals surface area contributed by atoms with Crippen molar-refractivity contribution in [2.45, 2.75) is 26.2 Å². The molecule has 12 heavy (non-hydrogen) atoms. The lowest BCUT2D eigenvalue weighted by atomic mass is 10.1. The Hall–Kier alpha value is -0.890. The Morgan fingerprint density at radius 3 is 2.92 bits per heavy atom. The molecule has 0 spiro atoms. The van der Waals surface area contributed by atoms with Crippen molar-refractivity contribution in [3.63, 3.8) is 0 Å². The minimum atomic E-state index is 0.796. The van der Waals surface area contributed by atoms with Gasteiger partial charge in [0.1, 0.15) is 0 Å². The van der Waals surface area contributed by atoms with Crippen molar-refractivity contribution in [2.24, 2.45) is 5.73 Å². The fraction of sp³-hybridized carbons (Fsp3) is 0.500. The van der Waals surface area contributed by atoms with E-state index in [0.29, 0.717) is 0 Å². The van der Waals surface area contributed by atoms with Gasteiger partial charge in [-0.2, -0.15) is 0 Å². The molecule has 0 fully saturated rings. The third kappa shape index (κ3) is 3.01. The molecule has 0 aliphatic heterocycles. The van der Waals surface area contributed by atoms with Crippen molar-refractivity contribution in [1.29, 1.82) is 0 Å². The Kier molecular flexibility index (Phi) is 3.74. The maximum atomic E-state index is 5.41. The molecular formula is C10H16N2. The summed E-state index contributed by atoms with van der Waals surface area (Å²) >= 11 is 0. The van der Waals surface area contributed by atoms with Crippen LogP contribution in [-0.2, 0) is 6.42 Å². The molecule has 1 heterocycles.